The van der Waals surface area contributed by atoms with Crippen LogP contribution in [-0.4, -0.2) is 22.8 Å². The predicted octanol–water partition coefficient (Wildman–Crippen LogP) is 2.16. The molecule has 0 saturated heterocycles. The van der Waals surface area contributed by atoms with E-state index >= 15 is 0 Å². The second-order valence-corrected chi connectivity index (χ2v) is 4.87. The van der Waals surface area contributed by atoms with Gasteiger partial charge in [0.1, 0.15) is 0 Å². The minimum absolute atomic E-state index is 0.0467. The molecule has 1 aromatic carbocycles. The number of aromatic carboxylic acids is 1. The van der Waals surface area contributed by atoms with Gasteiger partial charge in [0.2, 0.25) is 0 Å². The summed E-state index contributed by atoms with van der Waals surface area (Å²) in [6, 6.07) is 5.99. The quantitative estimate of drug-likeness (QED) is 0.644. The van der Waals surface area contributed by atoms with Gasteiger partial charge < -0.3 is 9.84 Å². The number of nitrogens with two attached hydrogens (primary N) is 1. The van der Waals surface area contributed by atoms with Crippen molar-refractivity contribution >= 4 is 11.9 Å². The predicted molar refractivity (Wildman–Crippen MR) is 68.8 cm³/mol. The van der Waals surface area contributed by atoms with E-state index in [1.54, 1.807) is 12.1 Å². The van der Waals surface area contributed by atoms with Crippen LogP contribution in [0, 0.1) is 0 Å². The number of carboxylic acids is 1. The summed E-state index contributed by atoms with van der Waals surface area (Å²) < 4.78 is 5.33. The monoisotopic (exact) mass is 263 g/mol. The van der Waals surface area contributed by atoms with Crippen molar-refractivity contribution in [3.8, 4) is 0 Å². The lowest BCUT2D eigenvalue weighted by molar-refractivity contribution is -0.0342. The number of carboxylic acid groups (broad SMARTS) is 1. The Labute approximate surface area is 111 Å². The summed E-state index contributed by atoms with van der Waals surface area (Å²) in [6.07, 6.45) is 4.17. The molecule has 0 heterocycles. The average Bonchev–Trinajstić information content (AvgIpc) is 2.39. The molecule has 102 valence electrons. The van der Waals surface area contributed by atoms with Gasteiger partial charge in [-0.25, -0.2) is 9.59 Å². The van der Waals surface area contributed by atoms with Crippen LogP contribution < -0.4 is 5.73 Å². The van der Waals surface area contributed by atoms with Crippen LogP contribution in [0.15, 0.2) is 24.3 Å². The van der Waals surface area contributed by atoms with Gasteiger partial charge in [0, 0.05) is 12.8 Å². The van der Waals surface area contributed by atoms with Crippen LogP contribution in [0.1, 0.15) is 52.8 Å². The van der Waals surface area contributed by atoms with Gasteiger partial charge in [-0.15, -0.1) is 0 Å². The van der Waals surface area contributed by atoms with Crippen LogP contribution >= 0.6 is 0 Å². The summed E-state index contributed by atoms with van der Waals surface area (Å²) in [6.45, 7) is 0. The Morgan fingerprint density at radius 3 is 2.26 bits per heavy atom. The highest BCUT2D eigenvalue weighted by atomic mass is 16.6. The Bertz CT molecular complexity index is 492. The molecule has 0 bridgehead atoms. The molecule has 0 atom stereocenters. The molecule has 0 unspecified atom stereocenters. The molecule has 0 aliphatic heterocycles. The summed E-state index contributed by atoms with van der Waals surface area (Å²) in [4.78, 5) is 23.1. The molecule has 1 aliphatic rings. The SMILES string of the molecule is NC1(OC(=O)c2ccccc2C(=O)O)CCCCC1. The number of benzene rings is 1. The highest BCUT2D eigenvalue weighted by Gasteiger charge is 2.32. The maximum atomic E-state index is 12.1. The smallest absolute Gasteiger partial charge is 0.340 e. The first-order valence-electron chi connectivity index (χ1n) is 6.36. The van der Waals surface area contributed by atoms with E-state index in [-0.39, 0.29) is 11.1 Å². The van der Waals surface area contributed by atoms with Crippen molar-refractivity contribution < 1.29 is 19.4 Å². The van der Waals surface area contributed by atoms with Crippen LogP contribution in [0.2, 0.25) is 0 Å². The van der Waals surface area contributed by atoms with E-state index < -0.39 is 17.7 Å². The second kappa shape index (κ2) is 5.40. The zero-order valence-corrected chi connectivity index (χ0v) is 10.6. The summed E-state index contributed by atoms with van der Waals surface area (Å²) in [5.41, 5.74) is 5.06. The number of hydrogen-bond acceptors (Lipinski definition) is 4. The molecule has 1 aliphatic carbocycles. The summed E-state index contributed by atoms with van der Waals surface area (Å²) in [5, 5.41) is 9.05. The van der Waals surface area contributed by atoms with Gasteiger partial charge in [0.05, 0.1) is 11.1 Å². The van der Waals surface area contributed by atoms with Gasteiger partial charge in [-0.05, 0) is 25.0 Å². The Balaban J connectivity index is 2.18. The lowest BCUT2D eigenvalue weighted by Crippen LogP contribution is -2.46. The normalized spacial score (nSPS) is 17.7. The molecule has 19 heavy (non-hydrogen) atoms. The zero-order chi connectivity index (χ0) is 13.9. The molecule has 5 heteroatoms. The van der Waals surface area contributed by atoms with Crippen LogP contribution in [0.25, 0.3) is 0 Å². The lowest BCUT2D eigenvalue weighted by Gasteiger charge is -2.32. The van der Waals surface area contributed by atoms with E-state index in [9.17, 15) is 9.59 Å². The fraction of sp³-hybridized carbons (Fsp3) is 0.429. The van der Waals surface area contributed by atoms with Gasteiger partial charge in [0.25, 0.3) is 0 Å². The van der Waals surface area contributed by atoms with E-state index in [4.69, 9.17) is 15.6 Å². The Morgan fingerprint density at radius 1 is 1.11 bits per heavy atom. The standard InChI is InChI=1S/C14H17NO4/c15-14(8-4-1-5-9-14)19-13(18)11-7-3-2-6-10(11)12(16)17/h2-3,6-7H,1,4-5,8-9,15H2,(H,16,17). The maximum Gasteiger partial charge on any atom is 0.340 e. The van der Waals surface area contributed by atoms with E-state index in [0.717, 1.165) is 19.3 Å². The van der Waals surface area contributed by atoms with Crippen LogP contribution in [0.3, 0.4) is 0 Å². The van der Waals surface area contributed by atoms with Crippen molar-refractivity contribution in [2.24, 2.45) is 5.73 Å². The zero-order valence-electron chi connectivity index (χ0n) is 10.6. The van der Waals surface area contributed by atoms with Crippen molar-refractivity contribution in [1.82, 2.24) is 0 Å². The molecule has 5 nitrogen and oxygen atoms in total. The van der Waals surface area contributed by atoms with Crippen molar-refractivity contribution in [2.45, 2.75) is 37.8 Å². The molecular formula is C14H17NO4. The molecule has 2 rings (SSSR count). The van der Waals surface area contributed by atoms with Crippen molar-refractivity contribution in [3.63, 3.8) is 0 Å². The first-order chi connectivity index (χ1) is 9.02. The molecule has 1 saturated carbocycles. The molecule has 1 aromatic rings. The second-order valence-electron chi connectivity index (χ2n) is 4.87. The third-order valence-electron chi connectivity index (χ3n) is 3.37. The third kappa shape index (κ3) is 3.12. The highest BCUT2D eigenvalue weighted by molar-refractivity contribution is 6.02. The van der Waals surface area contributed by atoms with E-state index in [1.165, 1.54) is 12.1 Å². The Morgan fingerprint density at radius 2 is 1.68 bits per heavy atom. The fourth-order valence-corrected chi connectivity index (χ4v) is 2.34. The summed E-state index contributed by atoms with van der Waals surface area (Å²) in [7, 11) is 0. The number of rotatable bonds is 3. The molecule has 3 N–H and O–H groups in total. The van der Waals surface area contributed by atoms with Crippen molar-refractivity contribution in [1.29, 1.82) is 0 Å². The van der Waals surface area contributed by atoms with E-state index in [1.807, 2.05) is 0 Å². The first kappa shape index (κ1) is 13.5. The van der Waals surface area contributed by atoms with Crippen LogP contribution in [0.4, 0.5) is 0 Å². The largest absolute Gasteiger partial charge is 0.478 e. The Hall–Kier alpha value is -1.88. The summed E-state index contributed by atoms with van der Waals surface area (Å²) >= 11 is 0. The molecule has 1 fully saturated rings. The number of hydrogen-bond donors (Lipinski definition) is 2. The minimum Gasteiger partial charge on any atom is -0.478 e. The van der Waals surface area contributed by atoms with Crippen molar-refractivity contribution in [3.05, 3.63) is 35.4 Å². The average molecular weight is 263 g/mol. The minimum atomic E-state index is -1.15. The van der Waals surface area contributed by atoms with Crippen LogP contribution in [-0.2, 0) is 4.74 Å². The molecule has 0 radical (unpaired) electrons. The maximum absolute atomic E-state index is 12.1. The first-order valence-corrected chi connectivity index (χ1v) is 6.36. The fourth-order valence-electron chi connectivity index (χ4n) is 2.34. The van der Waals surface area contributed by atoms with E-state index in [0.29, 0.717) is 12.8 Å². The van der Waals surface area contributed by atoms with Crippen molar-refractivity contribution in [2.75, 3.05) is 0 Å². The number of esters is 1. The van der Waals surface area contributed by atoms with Gasteiger partial charge in [-0.2, -0.15) is 0 Å². The number of carbonyl (C=O) groups is 2. The van der Waals surface area contributed by atoms with Gasteiger partial charge >= 0.3 is 11.9 Å². The van der Waals surface area contributed by atoms with Gasteiger partial charge in [-0.3, -0.25) is 5.73 Å². The summed E-state index contributed by atoms with van der Waals surface area (Å²) in [5.74, 6) is -1.82. The Kier molecular flexibility index (Phi) is 3.85. The molecular weight excluding hydrogens is 246 g/mol. The van der Waals surface area contributed by atoms with Crippen LogP contribution in [0.5, 0.6) is 0 Å². The molecule has 0 spiro atoms. The molecule has 0 aromatic heterocycles. The number of carbonyl (C=O) groups excluding carboxylic acids is 1. The highest BCUT2D eigenvalue weighted by Crippen LogP contribution is 2.28. The van der Waals surface area contributed by atoms with E-state index in [2.05, 4.69) is 0 Å². The van der Waals surface area contributed by atoms with Gasteiger partial charge in [0.15, 0.2) is 5.72 Å². The molecule has 0 amide bonds. The van der Waals surface area contributed by atoms with Gasteiger partial charge in [-0.1, -0.05) is 18.6 Å². The topological polar surface area (TPSA) is 89.6 Å². The number of ether oxygens (including phenoxy) is 1. The lowest BCUT2D eigenvalue weighted by atomic mass is 9.92. The third-order valence-corrected chi connectivity index (χ3v) is 3.37.